The minimum absolute atomic E-state index is 0. The fraction of sp³-hybridized carbons (Fsp3) is 0.115. The Kier molecular flexibility index (Phi) is 5.70. The van der Waals surface area contributed by atoms with E-state index in [2.05, 4.69) is 59.0 Å². The van der Waals surface area contributed by atoms with Gasteiger partial charge in [-0.2, -0.15) is 0 Å². The van der Waals surface area contributed by atoms with E-state index < -0.39 is 5.97 Å². The molecule has 0 fully saturated rings. The average Bonchev–Trinajstić information content (AvgIpc) is 2.80. The number of para-hydroxylation sites is 1. The van der Waals surface area contributed by atoms with Crippen molar-refractivity contribution in [3.8, 4) is 11.3 Å². The van der Waals surface area contributed by atoms with Gasteiger partial charge in [0, 0.05) is 32.9 Å². The molecule has 0 spiro atoms. The van der Waals surface area contributed by atoms with Crippen molar-refractivity contribution in [2.45, 2.75) is 19.3 Å². The fourth-order valence-electron chi connectivity index (χ4n) is 4.20. The minimum atomic E-state index is -1.05. The summed E-state index contributed by atoms with van der Waals surface area (Å²) in [4.78, 5) is 22.4. The van der Waals surface area contributed by atoms with Crippen LogP contribution in [0.4, 0.5) is 17.2 Å². The Hall–Kier alpha value is -3.30. The first-order chi connectivity index (χ1) is 15.0. The zero-order chi connectivity index (χ0) is 21.6. The van der Waals surface area contributed by atoms with E-state index in [1.807, 2.05) is 30.3 Å². The number of carboxylic acid groups (broad SMARTS) is 1. The minimum Gasteiger partial charge on any atom is -0.477 e. The molecule has 0 radical (unpaired) electrons. The van der Waals surface area contributed by atoms with Gasteiger partial charge in [-0.15, -0.1) is 23.8 Å². The number of carboxylic acids is 1. The zero-order valence-corrected chi connectivity index (χ0v) is 19.8. The van der Waals surface area contributed by atoms with Crippen molar-refractivity contribution < 1.29 is 31.0 Å². The molecule has 0 amide bonds. The molecule has 0 bridgehead atoms. The summed E-state index contributed by atoms with van der Waals surface area (Å²) in [6.07, 6.45) is 1.78. The number of benzene rings is 2. The summed E-state index contributed by atoms with van der Waals surface area (Å²) in [6, 6.07) is 26.7. The summed E-state index contributed by atoms with van der Waals surface area (Å²) in [5.74, 6) is -0.252. The first-order valence-electron chi connectivity index (χ1n) is 10.0. The van der Waals surface area contributed by atoms with Crippen LogP contribution in [-0.2, 0) is 26.5 Å². The molecule has 1 N–H and O–H groups in total. The molecule has 3 heterocycles. The Morgan fingerprint density at radius 3 is 2.47 bits per heavy atom. The third-order valence-corrected chi connectivity index (χ3v) is 5.76. The second kappa shape index (κ2) is 8.33. The molecule has 0 saturated heterocycles. The largest absolute Gasteiger partial charge is 0.477 e. The topological polar surface area (TPSA) is 66.3 Å². The summed E-state index contributed by atoms with van der Waals surface area (Å²) < 4.78 is 0. The van der Waals surface area contributed by atoms with Gasteiger partial charge in [0.25, 0.3) is 0 Å². The second-order valence-electron chi connectivity index (χ2n) is 8.01. The Morgan fingerprint density at radius 1 is 0.938 bits per heavy atom. The SMILES string of the molecule is CC1(C)c2ccc(-c3cccc(C(=O)O)n3)[c-]c2N(c2ccccn2)c2ccccc21.[Pt]. The molecule has 0 atom stereocenters. The van der Waals surface area contributed by atoms with Crippen LogP contribution in [-0.4, -0.2) is 21.0 Å². The maximum absolute atomic E-state index is 11.4. The maximum Gasteiger partial charge on any atom is 0.353 e. The first kappa shape index (κ1) is 21.9. The molecule has 0 aliphatic carbocycles. The normalized spacial score (nSPS) is 13.5. The third-order valence-electron chi connectivity index (χ3n) is 5.76. The van der Waals surface area contributed by atoms with Crippen molar-refractivity contribution in [1.29, 1.82) is 0 Å². The summed E-state index contributed by atoms with van der Waals surface area (Å²) in [5, 5.41) is 9.33. The molecule has 162 valence electrons. The van der Waals surface area contributed by atoms with Crippen LogP contribution in [0, 0.1) is 6.07 Å². The van der Waals surface area contributed by atoms with Crippen LogP contribution in [0.5, 0.6) is 0 Å². The summed E-state index contributed by atoms with van der Waals surface area (Å²) in [7, 11) is 0. The standard InChI is InChI=1S/C26H20N3O2.Pt/c1-26(2)18-8-3-4-11-22(18)29(24-12-5-6-15-27-24)23-16-17(13-14-19(23)26)20-9-7-10-21(28-20)25(30)31;/h3-15H,1-2H3,(H,30,31);/q-1;. The van der Waals surface area contributed by atoms with Gasteiger partial charge in [0.2, 0.25) is 0 Å². The van der Waals surface area contributed by atoms with E-state index in [9.17, 15) is 9.90 Å². The number of carbonyl (C=O) groups is 1. The molecule has 32 heavy (non-hydrogen) atoms. The Balaban J connectivity index is 0.00000245. The van der Waals surface area contributed by atoms with E-state index in [1.165, 1.54) is 11.6 Å². The van der Waals surface area contributed by atoms with Crippen molar-refractivity contribution in [2.24, 2.45) is 0 Å². The summed E-state index contributed by atoms with van der Waals surface area (Å²) in [5.41, 5.74) is 5.36. The van der Waals surface area contributed by atoms with E-state index >= 15 is 0 Å². The number of anilines is 3. The van der Waals surface area contributed by atoms with E-state index in [0.29, 0.717) is 5.69 Å². The monoisotopic (exact) mass is 601 g/mol. The molecule has 2 aromatic heterocycles. The fourth-order valence-corrected chi connectivity index (χ4v) is 4.20. The molecule has 2 aromatic carbocycles. The smallest absolute Gasteiger partial charge is 0.353 e. The molecule has 0 saturated carbocycles. The number of fused-ring (bicyclic) bond motifs is 2. The van der Waals surface area contributed by atoms with Crippen molar-refractivity contribution in [2.75, 3.05) is 4.90 Å². The van der Waals surface area contributed by atoms with Gasteiger partial charge in [0.05, 0.1) is 0 Å². The number of hydrogen-bond acceptors (Lipinski definition) is 4. The van der Waals surface area contributed by atoms with Crippen LogP contribution in [0.1, 0.15) is 35.5 Å². The van der Waals surface area contributed by atoms with Crippen LogP contribution in [0.15, 0.2) is 79.0 Å². The number of rotatable bonds is 3. The van der Waals surface area contributed by atoms with Gasteiger partial charge in [-0.05, 0) is 46.6 Å². The molecule has 4 aromatic rings. The average molecular weight is 602 g/mol. The van der Waals surface area contributed by atoms with Gasteiger partial charge in [0.15, 0.2) is 0 Å². The van der Waals surface area contributed by atoms with Crippen LogP contribution in [0.25, 0.3) is 11.3 Å². The van der Waals surface area contributed by atoms with Gasteiger partial charge < -0.3 is 10.0 Å². The predicted molar refractivity (Wildman–Crippen MR) is 120 cm³/mol. The van der Waals surface area contributed by atoms with E-state index in [1.54, 1.807) is 18.3 Å². The van der Waals surface area contributed by atoms with Gasteiger partial charge >= 0.3 is 5.97 Å². The number of aromatic nitrogens is 2. The molecule has 1 aliphatic rings. The van der Waals surface area contributed by atoms with Crippen molar-refractivity contribution in [1.82, 2.24) is 9.97 Å². The van der Waals surface area contributed by atoms with Crippen LogP contribution in [0.3, 0.4) is 0 Å². The predicted octanol–water partition coefficient (Wildman–Crippen LogP) is 5.75. The summed E-state index contributed by atoms with van der Waals surface area (Å²) >= 11 is 0. The number of pyridine rings is 2. The Bertz CT molecular complexity index is 1310. The molecule has 6 heteroatoms. The molecular weight excluding hydrogens is 581 g/mol. The van der Waals surface area contributed by atoms with Gasteiger partial charge in [-0.25, -0.2) is 9.78 Å². The van der Waals surface area contributed by atoms with Gasteiger partial charge in [-0.3, -0.25) is 4.98 Å². The van der Waals surface area contributed by atoms with E-state index in [-0.39, 0.29) is 32.2 Å². The zero-order valence-electron chi connectivity index (χ0n) is 17.5. The Morgan fingerprint density at radius 2 is 1.72 bits per heavy atom. The van der Waals surface area contributed by atoms with Crippen molar-refractivity contribution in [3.63, 3.8) is 0 Å². The second-order valence-corrected chi connectivity index (χ2v) is 8.01. The van der Waals surface area contributed by atoms with Crippen LogP contribution >= 0.6 is 0 Å². The van der Waals surface area contributed by atoms with E-state index in [0.717, 1.165) is 28.3 Å². The molecule has 5 nitrogen and oxygen atoms in total. The molecule has 5 rings (SSSR count). The number of nitrogens with zero attached hydrogens (tertiary/aromatic N) is 3. The van der Waals surface area contributed by atoms with Crippen molar-refractivity contribution >= 4 is 23.2 Å². The summed E-state index contributed by atoms with van der Waals surface area (Å²) in [6.45, 7) is 4.41. The molecular formula is C26H20N3O2Pt-. The van der Waals surface area contributed by atoms with E-state index in [4.69, 9.17) is 0 Å². The first-order valence-corrected chi connectivity index (χ1v) is 10.0. The number of hydrogen-bond donors (Lipinski definition) is 1. The molecule has 1 aliphatic heterocycles. The Labute approximate surface area is 201 Å². The van der Waals surface area contributed by atoms with Crippen molar-refractivity contribution in [3.05, 3.63) is 102 Å². The maximum atomic E-state index is 11.4. The van der Waals surface area contributed by atoms with Crippen LogP contribution in [0.2, 0.25) is 0 Å². The third kappa shape index (κ3) is 3.53. The molecule has 0 unspecified atom stereocenters. The van der Waals surface area contributed by atoms with Gasteiger partial charge in [0.1, 0.15) is 11.5 Å². The quantitative estimate of drug-likeness (QED) is 0.303. The van der Waals surface area contributed by atoms with Crippen LogP contribution < -0.4 is 4.90 Å². The number of aromatic carboxylic acids is 1. The van der Waals surface area contributed by atoms with Gasteiger partial charge in [-0.1, -0.05) is 55.8 Å².